The molecule has 0 aliphatic heterocycles. The van der Waals surface area contributed by atoms with Crippen molar-refractivity contribution >= 4 is 23.4 Å². The molecule has 114 valence electrons. The zero-order valence-corrected chi connectivity index (χ0v) is 13.2. The molecule has 2 amide bonds. The van der Waals surface area contributed by atoms with Crippen molar-refractivity contribution in [3.63, 3.8) is 0 Å². The van der Waals surface area contributed by atoms with Crippen LogP contribution in [0.15, 0.2) is 36.9 Å². The van der Waals surface area contributed by atoms with Crippen molar-refractivity contribution in [3.05, 3.63) is 47.5 Å². The van der Waals surface area contributed by atoms with Crippen molar-refractivity contribution in [2.24, 2.45) is 0 Å². The minimum absolute atomic E-state index is 0.0637. The molecule has 5 heteroatoms. The van der Waals surface area contributed by atoms with Gasteiger partial charge in [-0.05, 0) is 24.6 Å². The van der Waals surface area contributed by atoms with E-state index < -0.39 is 6.04 Å². The summed E-state index contributed by atoms with van der Waals surface area (Å²) in [5.74, 6) is -0.253. The van der Waals surface area contributed by atoms with Crippen molar-refractivity contribution in [2.45, 2.75) is 32.9 Å². The van der Waals surface area contributed by atoms with Crippen molar-refractivity contribution in [1.29, 1.82) is 0 Å². The fraction of sp³-hybridized carbons (Fsp3) is 0.375. The minimum Gasteiger partial charge on any atom is -0.351 e. The van der Waals surface area contributed by atoms with Crippen LogP contribution in [0.4, 0.5) is 0 Å². The van der Waals surface area contributed by atoms with Gasteiger partial charge in [0.05, 0.1) is 0 Å². The molecular weight excluding hydrogens is 288 g/mol. The number of nitrogens with zero attached hydrogens (tertiary/aromatic N) is 1. The van der Waals surface area contributed by atoms with E-state index in [4.69, 9.17) is 11.6 Å². The summed E-state index contributed by atoms with van der Waals surface area (Å²) >= 11 is 5.85. The quantitative estimate of drug-likeness (QED) is 0.787. The summed E-state index contributed by atoms with van der Waals surface area (Å²) in [7, 11) is 0. The number of hydrogen-bond acceptors (Lipinski definition) is 2. The maximum atomic E-state index is 12.1. The highest BCUT2D eigenvalue weighted by molar-refractivity contribution is 6.30. The number of carbonyl (C=O) groups is 2. The number of nitrogens with one attached hydrogen (secondary N) is 1. The Kier molecular flexibility index (Phi) is 6.96. The molecule has 1 rings (SSSR count). The molecule has 21 heavy (non-hydrogen) atoms. The molecule has 0 spiro atoms. The molecule has 0 unspecified atom stereocenters. The summed E-state index contributed by atoms with van der Waals surface area (Å²) < 4.78 is 0. The number of hydrogen-bond donors (Lipinski definition) is 1. The van der Waals surface area contributed by atoms with Gasteiger partial charge in [0.2, 0.25) is 11.8 Å². The number of carbonyl (C=O) groups excluding carboxylic acids is 2. The Balaban J connectivity index is 2.84. The fourth-order valence-electron chi connectivity index (χ4n) is 1.89. The molecule has 0 aliphatic rings. The summed E-state index contributed by atoms with van der Waals surface area (Å²) in [5, 5.41) is 3.36. The second-order valence-electron chi connectivity index (χ2n) is 4.71. The van der Waals surface area contributed by atoms with Gasteiger partial charge in [-0.2, -0.15) is 0 Å². The molecule has 0 saturated heterocycles. The number of amides is 2. The number of benzene rings is 1. The SMILES string of the molecule is C=CCNC(=O)[C@@H](C)N(Cc1ccc(Cl)cc1)C(=O)CC. The molecule has 0 saturated carbocycles. The third-order valence-corrected chi connectivity index (χ3v) is 3.41. The van der Waals surface area contributed by atoms with Gasteiger partial charge in [0.1, 0.15) is 6.04 Å². The van der Waals surface area contributed by atoms with Crippen LogP contribution >= 0.6 is 11.6 Å². The molecular formula is C16H21ClN2O2. The third kappa shape index (κ3) is 5.23. The van der Waals surface area contributed by atoms with Crippen LogP contribution < -0.4 is 5.32 Å². The second-order valence-corrected chi connectivity index (χ2v) is 5.15. The number of rotatable bonds is 7. The van der Waals surface area contributed by atoms with Crippen LogP contribution in [0.25, 0.3) is 0 Å². The van der Waals surface area contributed by atoms with Crippen LogP contribution in [0.3, 0.4) is 0 Å². The summed E-state index contributed by atoms with van der Waals surface area (Å²) in [6.45, 7) is 7.83. The Bertz CT molecular complexity index is 500. The van der Waals surface area contributed by atoms with Crippen LogP contribution in [-0.2, 0) is 16.1 Å². The molecule has 0 fully saturated rings. The van der Waals surface area contributed by atoms with Crippen LogP contribution in [0.2, 0.25) is 5.02 Å². The van der Waals surface area contributed by atoms with E-state index in [0.29, 0.717) is 24.5 Å². The molecule has 0 bridgehead atoms. The van der Waals surface area contributed by atoms with Crippen molar-refractivity contribution in [2.75, 3.05) is 6.54 Å². The Labute approximate surface area is 130 Å². The smallest absolute Gasteiger partial charge is 0.242 e. The van der Waals surface area contributed by atoms with Gasteiger partial charge in [-0.25, -0.2) is 0 Å². The lowest BCUT2D eigenvalue weighted by Gasteiger charge is -2.28. The monoisotopic (exact) mass is 308 g/mol. The lowest BCUT2D eigenvalue weighted by atomic mass is 10.1. The van der Waals surface area contributed by atoms with Crippen LogP contribution in [0.1, 0.15) is 25.8 Å². The van der Waals surface area contributed by atoms with Gasteiger partial charge < -0.3 is 10.2 Å². The molecule has 0 aliphatic carbocycles. The van der Waals surface area contributed by atoms with E-state index in [1.807, 2.05) is 12.1 Å². The van der Waals surface area contributed by atoms with E-state index in [1.54, 1.807) is 37.0 Å². The highest BCUT2D eigenvalue weighted by Crippen LogP contribution is 2.14. The van der Waals surface area contributed by atoms with Gasteiger partial charge in [0, 0.05) is 24.5 Å². The Hall–Kier alpha value is -1.81. The van der Waals surface area contributed by atoms with Crippen molar-refractivity contribution in [1.82, 2.24) is 10.2 Å². The van der Waals surface area contributed by atoms with E-state index in [1.165, 1.54) is 0 Å². The van der Waals surface area contributed by atoms with E-state index >= 15 is 0 Å². The van der Waals surface area contributed by atoms with Gasteiger partial charge in [0.25, 0.3) is 0 Å². The first-order valence-electron chi connectivity index (χ1n) is 6.92. The lowest BCUT2D eigenvalue weighted by molar-refractivity contribution is -0.140. The van der Waals surface area contributed by atoms with E-state index in [0.717, 1.165) is 5.56 Å². The van der Waals surface area contributed by atoms with Gasteiger partial charge in [0.15, 0.2) is 0 Å². The first-order valence-corrected chi connectivity index (χ1v) is 7.29. The van der Waals surface area contributed by atoms with E-state index in [2.05, 4.69) is 11.9 Å². The van der Waals surface area contributed by atoms with Crippen LogP contribution in [0, 0.1) is 0 Å². The van der Waals surface area contributed by atoms with Crippen molar-refractivity contribution in [3.8, 4) is 0 Å². The molecule has 1 aromatic rings. The summed E-state index contributed by atoms with van der Waals surface area (Å²) in [5.41, 5.74) is 0.935. The normalized spacial score (nSPS) is 11.6. The van der Waals surface area contributed by atoms with E-state index in [9.17, 15) is 9.59 Å². The Morgan fingerprint density at radius 1 is 1.38 bits per heavy atom. The van der Waals surface area contributed by atoms with E-state index in [-0.39, 0.29) is 11.8 Å². The molecule has 0 heterocycles. The predicted molar refractivity (Wildman–Crippen MR) is 85.0 cm³/mol. The molecule has 1 atom stereocenters. The fourth-order valence-corrected chi connectivity index (χ4v) is 2.02. The standard InChI is InChI=1S/C16H21ClN2O2/c1-4-10-18-16(21)12(3)19(15(20)5-2)11-13-6-8-14(17)9-7-13/h4,6-9,12H,1,5,10-11H2,2-3H3,(H,18,21)/t12-/m1/s1. The summed E-state index contributed by atoms with van der Waals surface area (Å²) in [6, 6.07) is 6.72. The molecule has 0 aromatic heterocycles. The first kappa shape index (κ1) is 17.2. The topological polar surface area (TPSA) is 49.4 Å². The average Bonchev–Trinajstić information content (AvgIpc) is 2.50. The number of halogens is 1. The zero-order chi connectivity index (χ0) is 15.8. The highest BCUT2D eigenvalue weighted by atomic mass is 35.5. The summed E-state index contributed by atoms with van der Waals surface area (Å²) in [4.78, 5) is 25.7. The van der Waals surface area contributed by atoms with Crippen LogP contribution in [-0.4, -0.2) is 29.3 Å². The molecule has 1 N–H and O–H groups in total. The largest absolute Gasteiger partial charge is 0.351 e. The molecule has 0 radical (unpaired) electrons. The molecule has 4 nitrogen and oxygen atoms in total. The average molecular weight is 309 g/mol. The lowest BCUT2D eigenvalue weighted by Crippen LogP contribution is -2.47. The zero-order valence-electron chi connectivity index (χ0n) is 12.4. The predicted octanol–water partition coefficient (Wildman–Crippen LogP) is 2.77. The third-order valence-electron chi connectivity index (χ3n) is 3.16. The van der Waals surface area contributed by atoms with Gasteiger partial charge in [-0.1, -0.05) is 36.7 Å². The molecule has 1 aromatic carbocycles. The van der Waals surface area contributed by atoms with Crippen molar-refractivity contribution < 1.29 is 9.59 Å². The first-order chi connectivity index (χ1) is 9.99. The van der Waals surface area contributed by atoms with Gasteiger partial charge >= 0.3 is 0 Å². The minimum atomic E-state index is -0.534. The van der Waals surface area contributed by atoms with Crippen LogP contribution in [0.5, 0.6) is 0 Å². The Morgan fingerprint density at radius 2 is 2.00 bits per heavy atom. The van der Waals surface area contributed by atoms with Gasteiger partial charge in [-0.3, -0.25) is 9.59 Å². The second kappa shape index (κ2) is 8.47. The van der Waals surface area contributed by atoms with Gasteiger partial charge in [-0.15, -0.1) is 6.58 Å². The summed E-state index contributed by atoms with van der Waals surface area (Å²) in [6.07, 6.45) is 1.96. The maximum Gasteiger partial charge on any atom is 0.242 e. The maximum absolute atomic E-state index is 12.1. The Morgan fingerprint density at radius 3 is 2.52 bits per heavy atom. The highest BCUT2D eigenvalue weighted by Gasteiger charge is 2.24.